The maximum absolute atomic E-state index is 11.4. The second-order valence-corrected chi connectivity index (χ2v) is 6.31. The highest BCUT2D eigenvalue weighted by Crippen LogP contribution is 2.37. The van der Waals surface area contributed by atoms with Crippen molar-refractivity contribution in [3.8, 4) is 5.75 Å². The van der Waals surface area contributed by atoms with Crippen molar-refractivity contribution in [2.45, 2.75) is 52.2 Å². The lowest BCUT2D eigenvalue weighted by molar-refractivity contribution is 0.00578. The molecule has 1 aliphatic heterocycles. The zero-order valence-electron chi connectivity index (χ0n) is 13.4. The van der Waals surface area contributed by atoms with E-state index in [0.717, 1.165) is 12.7 Å². The lowest BCUT2D eigenvalue weighted by Gasteiger charge is -2.32. The van der Waals surface area contributed by atoms with Gasteiger partial charge in [-0.1, -0.05) is 19.1 Å². The molecule has 1 aromatic carbocycles. The maximum Gasteiger partial charge on any atom is 0.499 e. The van der Waals surface area contributed by atoms with Crippen LogP contribution in [-0.4, -0.2) is 31.2 Å². The van der Waals surface area contributed by atoms with E-state index in [2.05, 4.69) is 0 Å². The van der Waals surface area contributed by atoms with Crippen molar-refractivity contribution in [2.24, 2.45) is 0 Å². The van der Waals surface area contributed by atoms with Crippen molar-refractivity contribution in [3.05, 3.63) is 23.8 Å². The number of carbonyl (C=O) groups is 1. The topological polar surface area (TPSA) is 44.8 Å². The van der Waals surface area contributed by atoms with Crippen molar-refractivity contribution in [2.75, 3.05) is 6.61 Å². The SMILES string of the molecule is CCCOc1cccc(C=O)c1B1OC(C)(C)C(C)(C)O1. The largest absolute Gasteiger partial charge is 0.499 e. The molecule has 1 aromatic rings. The molecule has 0 radical (unpaired) electrons. The lowest BCUT2D eigenvalue weighted by Crippen LogP contribution is -2.41. The number of hydrogen-bond acceptors (Lipinski definition) is 4. The van der Waals surface area contributed by atoms with Gasteiger partial charge in [-0.25, -0.2) is 0 Å². The van der Waals surface area contributed by atoms with E-state index in [1.807, 2.05) is 46.8 Å². The van der Waals surface area contributed by atoms with Gasteiger partial charge in [-0.15, -0.1) is 0 Å². The minimum Gasteiger partial charge on any atom is -0.494 e. The van der Waals surface area contributed by atoms with E-state index < -0.39 is 18.3 Å². The van der Waals surface area contributed by atoms with Crippen molar-refractivity contribution in [3.63, 3.8) is 0 Å². The summed E-state index contributed by atoms with van der Waals surface area (Å²) in [5.41, 5.74) is 0.326. The first-order valence-electron chi connectivity index (χ1n) is 7.39. The third-order valence-corrected chi connectivity index (χ3v) is 4.18. The number of rotatable bonds is 5. The smallest absolute Gasteiger partial charge is 0.494 e. The summed E-state index contributed by atoms with van der Waals surface area (Å²) < 4.78 is 17.9. The molecule has 4 nitrogen and oxygen atoms in total. The first-order chi connectivity index (χ1) is 9.82. The molecular weight excluding hydrogens is 267 g/mol. The number of benzene rings is 1. The average Bonchev–Trinajstić information content (AvgIpc) is 2.64. The Labute approximate surface area is 126 Å². The molecule has 1 saturated heterocycles. The van der Waals surface area contributed by atoms with Crippen LogP contribution in [0.5, 0.6) is 5.75 Å². The van der Waals surface area contributed by atoms with Gasteiger partial charge in [-0.3, -0.25) is 4.79 Å². The summed E-state index contributed by atoms with van der Waals surface area (Å²) in [6.45, 7) is 10.6. The third-order valence-electron chi connectivity index (χ3n) is 4.18. The van der Waals surface area contributed by atoms with E-state index in [0.29, 0.717) is 23.4 Å². The number of ether oxygens (including phenoxy) is 1. The van der Waals surface area contributed by atoms with Gasteiger partial charge in [0, 0.05) is 11.0 Å². The van der Waals surface area contributed by atoms with Gasteiger partial charge in [-0.2, -0.15) is 0 Å². The highest BCUT2D eigenvalue weighted by molar-refractivity contribution is 6.64. The Bertz CT molecular complexity index is 509. The molecule has 1 aliphatic rings. The van der Waals surface area contributed by atoms with E-state index in [1.165, 1.54) is 0 Å². The molecule has 0 aliphatic carbocycles. The Morgan fingerprint density at radius 2 is 1.81 bits per heavy atom. The molecule has 0 unspecified atom stereocenters. The zero-order valence-corrected chi connectivity index (χ0v) is 13.4. The molecular formula is C16H23BO4. The van der Waals surface area contributed by atoms with Gasteiger partial charge >= 0.3 is 7.12 Å². The normalized spacial score (nSPS) is 19.6. The highest BCUT2D eigenvalue weighted by Gasteiger charge is 2.53. The first-order valence-corrected chi connectivity index (χ1v) is 7.39. The quantitative estimate of drug-likeness (QED) is 0.617. The van der Waals surface area contributed by atoms with E-state index in [-0.39, 0.29) is 0 Å². The summed E-state index contributed by atoms with van der Waals surface area (Å²) in [6, 6.07) is 5.42. The maximum atomic E-state index is 11.4. The molecule has 0 N–H and O–H groups in total. The van der Waals surface area contributed by atoms with Crippen LogP contribution in [0.4, 0.5) is 0 Å². The van der Waals surface area contributed by atoms with Crippen LogP contribution in [0.15, 0.2) is 18.2 Å². The Morgan fingerprint density at radius 1 is 1.19 bits per heavy atom. The van der Waals surface area contributed by atoms with E-state index in [4.69, 9.17) is 14.0 Å². The second kappa shape index (κ2) is 5.81. The Morgan fingerprint density at radius 3 is 2.33 bits per heavy atom. The van der Waals surface area contributed by atoms with Gasteiger partial charge in [0.05, 0.1) is 17.8 Å². The van der Waals surface area contributed by atoms with Gasteiger partial charge in [-0.05, 0) is 40.2 Å². The van der Waals surface area contributed by atoms with Crippen LogP contribution in [-0.2, 0) is 9.31 Å². The molecule has 21 heavy (non-hydrogen) atoms. The number of carbonyl (C=O) groups excluding carboxylic acids is 1. The standard InChI is InChI=1S/C16H23BO4/c1-6-10-19-13-9-7-8-12(11-18)14(13)17-20-15(2,3)16(4,5)21-17/h7-9,11H,6,10H2,1-5H3. The fourth-order valence-electron chi connectivity index (χ4n) is 2.21. The lowest BCUT2D eigenvalue weighted by atomic mass is 9.75. The van der Waals surface area contributed by atoms with E-state index >= 15 is 0 Å². The summed E-state index contributed by atoms with van der Waals surface area (Å²) in [5, 5.41) is 0. The fraction of sp³-hybridized carbons (Fsp3) is 0.562. The number of hydrogen-bond donors (Lipinski definition) is 0. The fourth-order valence-corrected chi connectivity index (χ4v) is 2.21. The zero-order chi connectivity index (χ0) is 15.7. The Balaban J connectivity index is 2.41. The van der Waals surface area contributed by atoms with Crippen molar-refractivity contribution >= 4 is 18.9 Å². The Hall–Kier alpha value is -1.33. The monoisotopic (exact) mass is 290 g/mol. The molecule has 0 saturated carbocycles. The predicted molar refractivity (Wildman–Crippen MR) is 83.3 cm³/mol. The van der Waals surface area contributed by atoms with Crippen LogP contribution in [0.1, 0.15) is 51.4 Å². The molecule has 0 bridgehead atoms. The van der Waals surface area contributed by atoms with Crippen LogP contribution in [0.2, 0.25) is 0 Å². The summed E-state index contributed by atoms with van der Waals surface area (Å²) in [7, 11) is -0.594. The molecule has 5 heteroatoms. The summed E-state index contributed by atoms with van der Waals surface area (Å²) in [5.74, 6) is 0.653. The molecule has 0 amide bonds. The first kappa shape index (κ1) is 16.1. The molecule has 1 heterocycles. The average molecular weight is 290 g/mol. The van der Waals surface area contributed by atoms with Gasteiger partial charge in [0.1, 0.15) is 12.0 Å². The van der Waals surface area contributed by atoms with Gasteiger partial charge < -0.3 is 14.0 Å². The molecule has 0 atom stereocenters. The van der Waals surface area contributed by atoms with Crippen LogP contribution >= 0.6 is 0 Å². The summed E-state index contributed by atoms with van der Waals surface area (Å²) in [6.07, 6.45) is 1.72. The highest BCUT2D eigenvalue weighted by atomic mass is 16.7. The molecule has 0 spiro atoms. The van der Waals surface area contributed by atoms with Crippen molar-refractivity contribution in [1.29, 1.82) is 0 Å². The van der Waals surface area contributed by atoms with Gasteiger partial charge in [0.15, 0.2) is 0 Å². The van der Waals surface area contributed by atoms with Crippen LogP contribution in [0, 0.1) is 0 Å². The number of aldehydes is 1. The molecule has 114 valence electrons. The minimum atomic E-state index is -0.594. The molecule has 0 aromatic heterocycles. The molecule has 2 rings (SSSR count). The van der Waals surface area contributed by atoms with Crippen LogP contribution in [0.3, 0.4) is 0 Å². The third kappa shape index (κ3) is 2.99. The summed E-state index contributed by atoms with van der Waals surface area (Å²) >= 11 is 0. The van der Waals surface area contributed by atoms with Crippen LogP contribution in [0.25, 0.3) is 0 Å². The van der Waals surface area contributed by atoms with Gasteiger partial charge in [0.2, 0.25) is 0 Å². The van der Waals surface area contributed by atoms with Gasteiger partial charge in [0.25, 0.3) is 0 Å². The second-order valence-electron chi connectivity index (χ2n) is 6.31. The minimum absolute atomic E-state index is 0.449. The van der Waals surface area contributed by atoms with Crippen molar-refractivity contribution < 1.29 is 18.8 Å². The van der Waals surface area contributed by atoms with E-state index in [9.17, 15) is 4.79 Å². The predicted octanol–water partition coefficient (Wildman–Crippen LogP) is 2.59. The summed E-state index contributed by atoms with van der Waals surface area (Å²) in [4.78, 5) is 11.4. The van der Waals surface area contributed by atoms with E-state index in [1.54, 1.807) is 6.07 Å². The van der Waals surface area contributed by atoms with Crippen LogP contribution < -0.4 is 10.2 Å². The Kier molecular flexibility index (Phi) is 4.44. The molecule has 1 fully saturated rings. The van der Waals surface area contributed by atoms with Crippen molar-refractivity contribution in [1.82, 2.24) is 0 Å².